The molecule has 0 aliphatic heterocycles. The molecule has 0 rings (SSSR count). The number of ether oxygens (including phenoxy) is 6. The van der Waals surface area contributed by atoms with Crippen LogP contribution in [0.15, 0.2) is 0 Å². The Morgan fingerprint density at radius 1 is 0.455 bits per heavy atom. The molecule has 0 aliphatic rings. The van der Waals surface area contributed by atoms with Gasteiger partial charge in [0.05, 0.1) is 28.6 Å². The van der Waals surface area contributed by atoms with Crippen molar-refractivity contribution in [3.63, 3.8) is 0 Å². The molecule has 0 saturated carbocycles. The van der Waals surface area contributed by atoms with Crippen molar-refractivity contribution < 1.29 is 32.8 Å². The molecule has 0 bridgehead atoms. The summed E-state index contributed by atoms with van der Waals surface area (Å²) in [5.74, 6) is 0.191. The summed E-state index contributed by atoms with van der Waals surface area (Å²) in [7, 11) is 9.81. The molecule has 33 heavy (non-hydrogen) atoms. The quantitative estimate of drug-likeness (QED) is 0.0997. The fourth-order valence-corrected chi connectivity index (χ4v) is 12.9. The third-order valence-electron chi connectivity index (χ3n) is 6.73. The monoisotopic (exact) mass is 542 g/mol. The Kier molecular flexibility index (Phi) is 23.4. The van der Waals surface area contributed by atoms with E-state index in [1.807, 2.05) is 7.11 Å². The Labute approximate surface area is 211 Å². The summed E-state index contributed by atoms with van der Waals surface area (Å²) in [5, 5.41) is 0. The van der Waals surface area contributed by atoms with Gasteiger partial charge in [0.25, 0.3) is 0 Å². The molecular weight excluding hydrogens is 489 g/mol. The molecular formula is C22H54O7Si4. The van der Waals surface area contributed by atoms with Gasteiger partial charge in [-0.2, -0.15) is 0 Å². The SMILES string of the molecule is COC(OC)[SiH2]CCCC[Si](CCCC[SiH2]C(OC)OC)(CCCC[SiH2]C(OC)OC)OC. The smallest absolute Gasteiger partial charge is 0.192 e. The van der Waals surface area contributed by atoms with Gasteiger partial charge in [-0.15, -0.1) is 0 Å². The standard InChI is InChI=1S/C22H54O7Si4/c1-23-20(24-2)30-14-8-11-17-33(29-7,18-12-9-15-31-21(25-3)26-4)19-13-10-16-32-22(27-5)28-6/h20-22H,8-19,30-32H2,1-7H3. The minimum Gasteiger partial charge on any atom is -0.420 e. The lowest BCUT2D eigenvalue weighted by molar-refractivity contribution is -0.0442. The van der Waals surface area contributed by atoms with E-state index in [0.717, 1.165) is 0 Å². The molecule has 11 heteroatoms. The van der Waals surface area contributed by atoms with E-state index in [0.29, 0.717) is 0 Å². The Hall–Kier alpha value is 0.588. The van der Waals surface area contributed by atoms with Crippen LogP contribution in [0.2, 0.25) is 36.3 Å². The van der Waals surface area contributed by atoms with Crippen molar-refractivity contribution >= 4 is 36.9 Å². The minimum absolute atomic E-state index is 0.0637. The van der Waals surface area contributed by atoms with Crippen molar-refractivity contribution in [3.8, 4) is 0 Å². The van der Waals surface area contributed by atoms with Crippen LogP contribution in [0.5, 0.6) is 0 Å². The zero-order valence-corrected chi connectivity index (χ0v) is 27.9. The topological polar surface area (TPSA) is 64.6 Å². The normalized spacial score (nSPS) is 15.1. The van der Waals surface area contributed by atoms with Gasteiger partial charge < -0.3 is 32.8 Å². The van der Waals surface area contributed by atoms with Crippen LogP contribution < -0.4 is 0 Å². The summed E-state index contributed by atoms with van der Waals surface area (Å²) in [6.07, 6.45) is 7.67. The predicted octanol–water partition coefficient (Wildman–Crippen LogP) is 2.41. The second-order valence-electron chi connectivity index (χ2n) is 8.89. The average molecular weight is 543 g/mol. The van der Waals surface area contributed by atoms with Crippen molar-refractivity contribution in [2.45, 2.75) is 92.5 Å². The van der Waals surface area contributed by atoms with E-state index in [1.54, 1.807) is 42.7 Å². The number of rotatable bonds is 25. The van der Waals surface area contributed by atoms with E-state index in [4.69, 9.17) is 32.8 Å². The molecule has 0 atom stereocenters. The summed E-state index contributed by atoms with van der Waals surface area (Å²) in [6.45, 7) is 0. The van der Waals surface area contributed by atoms with Gasteiger partial charge in [0, 0.05) is 49.8 Å². The molecule has 0 aromatic rings. The number of unbranched alkanes of at least 4 members (excludes halogenated alkanes) is 3. The average Bonchev–Trinajstić information content (AvgIpc) is 2.85. The molecule has 0 unspecified atom stereocenters. The highest BCUT2D eigenvalue weighted by Crippen LogP contribution is 2.30. The lowest BCUT2D eigenvalue weighted by atomic mass is 10.4. The molecule has 0 aliphatic carbocycles. The first-order valence-corrected chi connectivity index (χ1v) is 20.7. The Morgan fingerprint density at radius 3 is 0.939 bits per heavy atom. The van der Waals surface area contributed by atoms with Crippen molar-refractivity contribution in [2.24, 2.45) is 0 Å². The van der Waals surface area contributed by atoms with Crippen LogP contribution >= 0.6 is 0 Å². The van der Waals surface area contributed by atoms with Gasteiger partial charge >= 0.3 is 0 Å². The first-order chi connectivity index (χ1) is 16.0. The third-order valence-corrected chi connectivity index (χ3v) is 17.5. The summed E-state index contributed by atoms with van der Waals surface area (Å²) < 4.78 is 38.7. The van der Waals surface area contributed by atoms with E-state index in [-0.39, 0.29) is 46.3 Å². The number of hydrogen-bond acceptors (Lipinski definition) is 7. The van der Waals surface area contributed by atoms with Crippen molar-refractivity contribution in [1.82, 2.24) is 0 Å². The van der Waals surface area contributed by atoms with Crippen molar-refractivity contribution in [2.75, 3.05) is 49.8 Å². The molecule has 0 spiro atoms. The van der Waals surface area contributed by atoms with Crippen LogP contribution in [0.3, 0.4) is 0 Å². The van der Waals surface area contributed by atoms with Gasteiger partial charge in [-0.3, -0.25) is 0 Å². The van der Waals surface area contributed by atoms with Gasteiger partial charge in [-0.1, -0.05) is 56.7 Å². The molecule has 0 radical (unpaired) electrons. The maximum absolute atomic E-state index is 6.37. The highest BCUT2D eigenvalue weighted by Gasteiger charge is 2.32. The summed E-state index contributed by atoms with van der Waals surface area (Å²) >= 11 is 0. The lowest BCUT2D eigenvalue weighted by Gasteiger charge is -2.30. The molecule has 200 valence electrons. The highest BCUT2D eigenvalue weighted by molar-refractivity contribution is 6.73. The molecule has 0 N–H and O–H groups in total. The summed E-state index contributed by atoms with van der Waals surface area (Å²) in [5.41, 5.74) is 0. The fourth-order valence-electron chi connectivity index (χ4n) is 4.48. The van der Waals surface area contributed by atoms with Gasteiger partial charge in [0.2, 0.25) is 0 Å². The minimum atomic E-state index is -1.69. The Balaban J connectivity index is 4.55. The molecule has 0 aromatic heterocycles. The van der Waals surface area contributed by atoms with Crippen molar-refractivity contribution in [1.29, 1.82) is 0 Å². The van der Waals surface area contributed by atoms with Gasteiger partial charge in [0.15, 0.2) is 8.32 Å². The second kappa shape index (κ2) is 23.0. The molecule has 0 fully saturated rings. The van der Waals surface area contributed by atoms with Crippen LogP contribution in [0.4, 0.5) is 0 Å². The Morgan fingerprint density at radius 2 is 0.727 bits per heavy atom. The second-order valence-corrected chi connectivity index (χ2v) is 19.0. The third kappa shape index (κ3) is 16.8. The van der Waals surface area contributed by atoms with Crippen LogP contribution in [-0.4, -0.2) is 104 Å². The molecule has 0 heterocycles. The molecule has 0 aromatic carbocycles. The van der Waals surface area contributed by atoms with Crippen LogP contribution in [0.25, 0.3) is 0 Å². The van der Waals surface area contributed by atoms with Crippen molar-refractivity contribution in [3.05, 3.63) is 0 Å². The number of hydrogen-bond donors (Lipinski definition) is 0. The van der Waals surface area contributed by atoms with E-state index in [2.05, 4.69) is 0 Å². The zero-order valence-electron chi connectivity index (χ0n) is 22.7. The lowest BCUT2D eigenvalue weighted by Crippen LogP contribution is -2.37. The summed E-state index contributed by atoms with van der Waals surface area (Å²) in [4.78, 5) is 0. The van der Waals surface area contributed by atoms with Gasteiger partial charge in [0.1, 0.15) is 17.7 Å². The first kappa shape index (κ1) is 33.6. The highest BCUT2D eigenvalue weighted by atomic mass is 28.4. The maximum Gasteiger partial charge on any atom is 0.192 e. The molecule has 0 saturated heterocycles. The Bertz CT molecular complexity index is 357. The largest absolute Gasteiger partial charge is 0.420 e. The van der Waals surface area contributed by atoms with Gasteiger partial charge in [-0.25, -0.2) is 0 Å². The van der Waals surface area contributed by atoms with Crippen LogP contribution in [0.1, 0.15) is 38.5 Å². The zero-order chi connectivity index (χ0) is 24.8. The first-order valence-electron chi connectivity index (χ1n) is 12.8. The molecule has 0 amide bonds. The van der Waals surface area contributed by atoms with Gasteiger partial charge in [-0.05, 0) is 18.1 Å². The van der Waals surface area contributed by atoms with Crippen LogP contribution in [-0.2, 0) is 32.8 Å². The van der Waals surface area contributed by atoms with E-state index in [1.165, 1.54) is 74.8 Å². The number of methoxy groups -OCH3 is 6. The van der Waals surface area contributed by atoms with Crippen LogP contribution in [0, 0.1) is 0 Å². The van der Waals surface area contributed by atoms with E-state index in [9.17, 15) is 0 Å². The predicted molar refractivity (Wildman–Crippen MR) is 148 cm³/mol. The maximum atomic E-state index is 6.37. The fraction of sp³-hybridized carbons (Fsp3) is 1.00. The van der Waals surface area contributed by atoms with E-state index >= 15 is 0 Å². The summed E-state index contributed by atoms with van der Waals surface area (Å²) in [6, 6.07) is 7.70. The van der Waals surface area contributed by atoms with E-state index < -0.39 is 8.32 Å². The molecule has 7 nitrogen and oxygen atoms in total.